The van der Waals surface area contributed by atoms with E-state index in [0.29, 0.717) is 39.9 Å². The number of ether oxygens (including phenoxy) is 3. The highest BCUT2D eigenvalue weighted by atomic mass is 16.5. The van der Waals surface area contributed by atoms with Gasteiger partial charge in [0.15, 0.2) is 12.4 Å². The predicted molar refractivity (Wildman–Crippen MR) is 101 cm³/mol. The third kappa shape index (κ3) is 4.15. The quantitative estimate of drug-likeness (QED) is 0.279. The number of rotatable bonds is 7. The molecule has 28 heavy (non-hydrogen) atoms. The van der Waals surface area contributed by atoms with Gasteiger partial charge in [0.25, 0.3) is 5.91 Å². The summed E-state index contributed by atoms with van der Waals surface area (Å²) >= 11 is 0. The molecule has 0 spiro atoms. The van der Waals surface area contributed by atoms with Crippen molar-refractivity contribution in [1.29, 1.82) is 0 Å². The van der Waals surface area contributed by atoms with Crippen LogP contribution >= 0.6 is 0 Å². The molecule has 0 unspecified atom stereocenters. The number of hydrazine groups is 1. The number of nitrogens with one attached hydrogen (secondary N) is 2. The molecule has 1 amide bonds. The molecule has 2 aromatic carbocycles. The van der Waals surface area contributed by atoms with E-state index in [1.165, 1.54) is 6.07 Å². The third-order valence-electron chi connectivity index (χ3n) is 3.91. The smallest absolute Gasteiger partial charge is 0.271 e. The molecule has 9 nitrogen and oxygen atoms in total. The van der Waals surface area contributed by atoms with Gasteiger partial charge < -0.3 is 19.3 Å². The Hall–Kier alpha value is -3.72. The van der Waals surface area contributed by atoms with Gasteiger partial charge in [0.2, 0.25) is 0 Å². The van der Waals surface area contributed by atoms with Gasteiger partial charge in [0.05, 0.1) is 12.8 Å². The van der Waals surface area contributed by atoms with Gasteiger partial charge in [-0.2, -0.15) is 5.10 Å². The number of hydrogen-bond acceptors (Lipinski definition) is 7. The number of H-pyrrole nitrogens is 1. The van der Waals surface area contributed by atoms with E-state index >= 15 is 0 Å². The lowest BCUT2D eigenvalue weighted by Crippen LogP contribution is -2.34. The summed E-state index contributed by atoms with van der Waals surface area (Å²) in [6, 6.07) is 11.8. The van der Waals surface area contributed by atoms with Crippen LogP contribution in [0, 0.1) is 6.92 Å². The Morgan fingerprint density at radius 2 is 2.00 bits per heavy atom. The number of nitrogens with two attached hydrogens (primary N) is 1. The molecule has 5 N–H and O–H groups in total. The Morgan fingerprint density at radius 1 is 1.21 bits per heavy atom. The molecule has 0 aliphatic rings. The molecule has 0 saturated heterocycles. The minimum absolute atomic E-state index is 0.0763. The maximum atomic E-state index is 11.2. The minimum Gasteiger partial charge on any atom is -0.507 e. The van der Waals surface area contributed by atoms with E-state index in [0.717, 1.165) is 0 Å². The van der Waals surface area contributed by atoms with Crippen molar-refractivity contribution in [2.45, 2.75) is 6.92 Å². The van der Waals surface area contributed by atoms with Crippen LogP contribution in [-0.4, -0.2) is 34.9 Å². The summed E-state index contributed by atoms with van der Waals surface area (Å²) in [5.41, 5.74) is 3.53. The molecule has 0 fully saturated rings. The number of carbonyl (C=O) groups excluding carboxylic acids is 1. The lowest BCUT2D eigenvalue weighted by atomic mass is 10.1. The molecular formula is C19H20N4O5. The molecule has 9 heteroatoms. The molecule has 3 aromatic rings. The number of aromatic amines is 1. The number of benzene rings is 2. The first kappa shape index (κ1) is 19.1. The third-order valence-corrected chi connectivity index (χ3v) is 3.91. The zero-order valence-corrected chi connectivity index (χ0v) is 15.4. The second-order valence-corrected chi connectivity index (χ2v) is 5.84. The SMILES string of the molecule is COc1cccc(Oc2c(-c3ccc(OCC(=O)NN)cc3O)n[nH]c2C)c1. The first-order chi connectivity index (χ1) is 13.5. The number of aromatic nitrogens is 2. The van der Waals surface area contributed by atoms with Gasteiger partial charge in [-0.15, -0.1) is 0 Å². The Balaban J connectivity index is 1.87. The van der Waals surface area contributed by atoms with Crippen LogP contribution in [0.2, 0.25) is 0 Å². The Bertz CT molecular complexity index is 986. The van der Waals surface area contributed by atoms with Gasteiger partial charge in [0, 0.05) is 17.7 Å². The van der Waals surface area contributed by atoms with E-state index in [1.807, 2.05) is 24.5 Å². The number of carbonyl (C=O) groups is 1. The number of methoxy groups -OCH3 is 1. The fraction of sp³-hybridized carbons (Fsp3) is 0.158. The van der Waals surface area contributed by atoms with Crippen molar-refractivity contribution >= 4 is 5.91 Å². The van der Waals surface area contributed by atoms with Crippen LogP contribution in [0.5, 0.6) is 28.7 Å². The molecule has 0 atom stereocenters. The number of aryl methyl sites for hydroxylation is 1. The normalized spacial score (nSPS) is 10.4. The molecule has 0 aliphatic carbocycles. The van der Waals surface area contributed by atoms with E-state index in [9.17, 15) is 9.90 Å². The molecule has 0 aliphatic heterocycles. The van der Waals surface area contributed by atoms with Gasteiger partial charge in [0.1, 0.15) is 28.7 Å². The highest BCUT2D eigenvalue weighted by Crippen LogP contribution is 2.40. The number of amides is 1. The number of nitrogens with zero attached hydrogens (tertiary/aromatic N) is 1. The van der Waals surface area contributed by atoms with Crippen LogP contribution in [0.25, 0.3) is 11.3 Å². The summed E-state index contributed by atoms with van der Waals surface area (Å²) in [7, 11) is 1.58. The van der Waals surface area contributed by atoms with Crippen molar-refractivity contribution in [3.63, 3.8) is 0 Å². The van der Waals surface area contributed by atoms with Crippen molar-refractivity contribution < 1.29 is 24.1 Å². The molecule has 3 rings (SSSR count). The van der Waals surface area contributed by atoms with Gasteiger partial charge in [-0.25, -0.2) is 5.84 Å². The van der Waals surface area contributed by atoms with Gasteiger partial charge >= 0.3 is 0 Å². The fourth-order valence-electron chi connectivity index (χ4n) is 2.50. The first-order valence-corrected chi connectivity index (χ1v) is 8.34. The monoisotopic (exact) mass is 384 g/mol. The molecule has 0 saturated carbocycles. The predicted octanol–water partition coefficient (Wildman–Crippen LogP) is 2.26. The summed E-state index contributed by atoms with van der Waals surface area (Å²) in [5.74, 6) is 6.45. The van der Waals surface area contributed by atoms with Crippen LogP contribution in [0.4, 0.5) is 0 Å². The summed E-state index contributed by atoms with van der Waals surface area (Å²) in [5, 5.41) is 17.5. The zero-order valence-electron chi connectivity index (χ0n) is 15.4. The average molecular weight is 384 g/mol. The molecular weight excluding hydrogens is 364 g/mol. The van der Waals surface area contributed by atoms with Crippen LogP contribution in [0.1, 0.15) is 5.69 Å². The maximum absolute atomic E-state index is 11.2. The van der Waals surface area contributed by atoms with E-state index < -0.39 is 5.91 Å². The van der Waals surface area contributed by atoms with Crippen molar-refractivity contribution in [2.24, 2.45) is 5.84 Å². The standard InChI is InChI=1S/C19H20N4O5/c1-11-19(28-14-5-3-4-12(8-14)26-2)18(23-22-11)15-7-6-13(9-16(15)24)27-10-17(25)21-20/h3-9,24H,10,20H2,1-2H3,(H,21,25)(H,22,23). The van der Waals surface area contributed by atoms with Gasteiger partial charge in [-0.05, 0) is 31.2 Å². The summed E-state index contributed by atoms with van der Waals surface area (Å²) < 4.78 is 16.4. The number of hydrogen-bond donors (Lipinski definition) is 4. The van der Waals surface area contributed by atoms with E-state index in [4.69, 9.17) is 20.1 Å². The minimum atomic E-state index is -0.486. The summed E-state index contributed by atoms with van der Waals surface area (Å²) in [6.07, 6.45) is 0. The lowest BCUT2D eigenvalue weighted by Gasteiger charge is -2.11. The Morgan fingerprint density at radius 3 is 2.71 bits per heavy atom. The van der Waals surface area contributed by atoms with Crippen molar-refractivity contribution in [3.8, 4) is 40.0 Å². The highest BCUT2D eigenvalue weighted by Gasteiger charge is 2.18. The Kier molecular flexibility index (Phi) is 5.66. The van der Waals surface area contributed by atoms with E-state index in [-0.39, 0.29) is 12.4 Å². The largest absolute Gasteiger partial charge is 0.507 e. The van der Waals surface area contributed by atoms with Crippen LogP contribution in [0.3, 0.4) is 0 Å². The number of phenols is 1. The van der Waals surface area contributed by atoms with Crippen LogP contribution in [0.15, 0.2) is 42.5 Å². The van der Waals surface area contributed by atoms with E-state index in [1.54, 1.807) is 31.4 Å². The van der Waals surface area contributed by atoms with Crippen molar-refractivity contribution in [3.05, 3.63) is 48.2 Å². The molecule has 1 aromatic heterocycles. The second kappa shape index (κ2) is 8.31. The first-order valence-electron chi connectivity index (χ1n) is 8.34. The number of phenolic OH excluding ortho intramolecular Hbond substituents is 1. The van der Waals surface area contributed by atoms with Crippen molar-refractivity contribution in [2.75, 3.05) is 13.7 Å². The van der Waals surface area contributed by atoms with Crippen LogP contribution in [-0.2, 0) is 4.79 Å². The topological polar surface area (TPSA) is 132 Å². The maximum Gasteiger partial charge on any atom is 0.271 e. The summed E-state index contributed by atoms with van der Waals surface area (Å²) in [6.45, 7) is 1.55. The zero-order chi connectivity index (χ0) is 20.1. The Labute approximate surface area is 161 Å². The molecule has 0 bridgehead atoms. The molecule has 0 radical (unpaired) electrons. The lowest BCUT2D eigenvalue weighted by molar-refractivity contribution is -0.123. The summed E-state index contributed by atoms with van der Waals surface area (Å²) in [4.78, 5) is 11.2. The van der Waals surface area contributed by atoms with Crippen molar-refractivity contribution in [1.82, 2.24) is 15.6 Å². The fourth-order valence-corrected chi connectivity index (χ4v) is 2.50. The van der Waals surface area contributed by atoms with Crippen LogP contribution < -0.4 is 25.5 Å². The van der Waals surface area contributed by atoms with E-state index in [2.05, 4.69) is 10.2 Å². The van der Waals surface area contributed by atoms with Gasteiger partial charge in [-0.3, -0.25) is 15.3 Å². The molecule has 1 heterocycles. The number of aromatic hydroxyl groups is 1. The second-order valence-electron chi connectivity index (χ2n) is 5.84. The molecule has 146 valence electrons. The average Bonchev–Trinajstić information content (AvgIpc) is 3.06. The van der Waals surface area contributed by atoms with Gasteiger partial charge in [-0.1, -0.05) is 6.07 Å². The highest BCUT2D eigenvalue weighted by molar-refractivity contribution is 5.77.